The number of hydrogen-bond acceptors (Lipinski definition) is 3. The van der Waals surface area contributed by atoms with E-state index in [1.165, 1.54) is 7.11 Å². The van der Waals surface area contributed by atoms with Crippen LogP contribution in [0.1, 0.15) is 39.9 Å². The van der Waals surface area contributed by atoms with Crippen LogP contribution in [0.5, 0.6) is 0 Å². The highest BCUT2D eigenvalue weighted by Gasteiger charge is 2.39. The van der Waals surface area contributed by atoms with Crippen molar-refractivity contribution >= 4 is 34.9 Å². The molecule has 1 N–H and O–H groups in total. The van der Waals surface area contributed by atoms with Crippen molar-refractivity contribution in [2.75, 3.05) is 12.4 Å². The summed E-state index contributed by atoms with van der Waals surface area (Å²) in [6.07, 6.45) is 5.44. The Balaban J connectivity index is 1.73. The lowest BCUT2D eigenvalue weighted by Crippen LogP contribution is -2.29. The highest BCUT2D eigenvalue weighted by Crippen LogP contribution is 2.52. The zero-order chi connectivity index (χ0) is 17.6. The quantitative estimate of drug-likeness (QED) is 0.549. The summed E-state index contributed by atoms with van der Waals surface area (Å²) < 4.78 is 4.77. The van der Waals surface area contributed by atoms with Crippen LogP contribution in [0.25, 0.3) is 0 Å². The SMILES string of the molecule is COC(=O)c1ccc([C@@H]2Nc3cc(Cl)cc(Cl)c3[C@@H]3C=CC[C@@H]32)cc1. The minimum atomic E-state index is -0.326. The highest BCUT2D eigenvalue weighted by molar-refractivity contribution is 6.35. The maximum Gasteiger partial charge on any atom is 0.337 e. The van der Waals surface area contributed by atoms with E-state index < -0.39 is 0 Å². The number of esters is 1. The standard InChI is InChI=1S/C20H17Cl2NO2/c1-25-20(24)12-7-5-11(6-8-12)19-15-4-2-3-14(15)18-16(22)9-13(21)10-17(18)23-19/h2-3,5-10,14-15,19,23H,4H2,1H3/t14-,15+,19+/m1/s1. The monoisotopic (exact) mass is 373 g/mol. The molecule has 0 spiro atoms. The van der Waals surface area contributed by atoms with Crippen molar-refractivity contribution < 1.29 is 9.53 Å². The van der Waals surface area contributed by atoms with Gasteiger partial charge in [-0.1, -0.05) is 47.5 Å². The lowest BCUT2D eigenvalue weighted by molar-refractivity contribution is 0.0600. The Morgan fingerprint density at radius 2 is 1.96 bits per heavy atom. The highest BCUT2D eigenvalue weighted by atomic mass is 35.5. The largest absolute Gasteiger partial charge is 0.465 e. The van der Waals surface area contributed by atoms with Crippen LogP contribution in [0.15, 0.2) is 48.6 Å². The number of methoxy groups -OCH3 is 1. The summed E-state index contributed by atoms with van der Waals surface area (Å²) in [5.74, 6) is 0.328. The minimum Gasteiger partial charge on any atom is -0.465 e. The van der Waals surface area contributed by atoms with Crippen molar-refractivity contribution in [3.05, 3.63) is 75.3 Å². The molecule has 3 atom stereocenters. The van der Waals surface area contributed by atoms with Crippen LogP contribution in [-0.2, 0) is 4.74 Å². The van der Waals surface area contributed by atoms with Gasteiger partial charge in [0.25, 0.3) is 0 Å². The predicted octanol–water partition coefficient (Wildman–Crippen LogP) is 5.61. The van der Waals surface area contributed by atoms with Crippen molar-refractivity contribution in [2.45, 2.75) is 18.4 Å². The zero-order valence-electron chi connectivity index (χ0n) is 13.6. The Bertz CT molecular complexity index is 861. The molecule has 1 aliphatic heterocycles. The zero-order valence-corrected chi connectivity index (χ0v) is 15.1. The molecule has 1 heterocycles. The molecule has 25 heavy (non-hydrogen) atoms. The Morgan fingerprint density at radius 1 is 1.20 bits per heavy atom. The number of hydrogen-bond donors (Lipinski definition) is 1. The third-order valence-corrected chi connectivity index (χ3v) is 5.60. The molecule has 0 radical (unpaired) electrons. The van der Waals surface area contributed by atoms with Crippen molar-refractivity contribution in [1.82, 2.24) is 0 Å². The molecule has 0 fully saturated rings. The van der Waals surface area contributed by atoms with Gasteiger partial charge >= 0.3 is 5.97 Å². The van der Waals surface area contributed by atoms with Gasteiger partial charge in [-0.3, -0.25) is 0 Å². The van der Waals surface area contributed by atoms with E-state index in [2.05, 4.69) is 17.5 Å². The summed E-state index contributed by atoms with van der Waals surface area (Å²) in [6, 6.07) is 11.4. The Hall–Kier alpha value is -1.97. The van der Waals surface area contributed by atoms with Crippen molar-refractivity contribution in [1.29, 1.82) is 0 Å². The lowest BCUT2D eigenvalue weighted by Gasteiger charge is -2.38. The molecule has 2 aromatic rings. The van der Waals surface area contributed by atoms with Gasteiger partial charge in [0.1, 0.15) is 0 Å². The number of carbonyl (C=O) groups excluding carboxylic acids is 1. The Labute approximate surface area is 156 Å². The van der Waals surface area contributed by atoms with E-state index in [9.17, 15) is 4.79 Å². The van der Waals surface area contributed by atoms with Gasteiger partial charge in [-0.25, -0.2) is 4.79 Å². The summed E-state index contributed by atoms with van der Waals surface area (Å²) >= 11 is 12.7. The maximum atomic E-state index is 11.6. The molecule has 0 unspecified atom stereocenters. The molecule has 3 nitrogen and oxygen atoms in total. The third-order valence-electron chi connectivity index (χ3n) is 5.07. The second-order valence-electron chi connectivity index (χ2n) is 6.44. The number of rotatable bonds is 2. The van der Waals surface area contributed by atoms with Gasteiger partial charge in [-0.05, 0) is 42.2 Å². The average Bonchev–Trinajstić information content (AvgIpc) is 3.09. The van der Waals surface area contributed by atoms with Crippen LogP contribution < -0.4 is 5.32 Å². The number of carbonyl (C=O) groups is 1. The first-order valence-corrected chi connectivity index (χ1v) is 8.94. The fourth-order valence-electron chi connectivity index (χ4n) is 3.92. The van der Waals surface area contributed by atoms with E-state index in [0.29, 0.717) is 21.5 Å². The molecule has 5 heteroatoms. The second kappa shape index (κ2) is 6.40. The van der Waals surface area contributed by atoms with E-state index in [1.54, 1.807) is 18.2 Å². The van der Waals surface area contributed by atoms with Gasteiger partial charge in [0.15, 0.2) is 0 Å². The van der Waals surface area contributed by atoms with E-state index in [-0.39, 0.29) is 17.9 Å². The number of nitrogens with one attached hydrogen (secondary N) is 1. The Morgan fingerprint density at radius 3 is 2.68 bits per heavy atom. The van der Waals surface area contributed by atoms with Crippen LogP contribution >= 0.6 is 23.2 Å². The van der Waals surface area contributed by atoms with Crippen molar-refractivity contribution in [3.63, 3.8) is 0 Å². The molecule has 1 aliphatic carbocycles. The van der Waals surface area contributed by atoms with E-state index >= 15 is 0 Å². The van der Waals surface area contributed by atoms with E-state index in [1.807, 2.05) is 18.2 Å². The molecular formula is C20H17Cl2NO2. The van der Waals surface area contributed by atoms with E-state index in [0.717, 1.165) is 23.2 Å². The summed E-state index contributed by atoms with van der Waals surface area (Å²) in [6.45, 7) is 0. The average molecular weight is 374 g/mol. The second-order valence-corrected chi connectivity index (χ2v) is 7.28. The van der Waals surface area contributed by atoms with Crippen molar-refractivity contribution in [2.24, 2.45) is 5.92 Å². The molecule has 2 aromatic carbocycles. The van der Waals surface area contributed by atoms with Gasteiger partial charge in [-0.15, -0.1) is 0 Å². The first-order chi connectivity index (χ1) is 12.1. The molecule has 2 aliphatic rings. The van der Waals surface area contributed by atoms with Gasteiger partial charge in [-0.2, -0.15) is 0 Å². The van der Waals surface area contributed by atoms with Crippen LogP contribution in [0.3, 0.4) is 0 Å². The first kappa shape index (κ1) is 16.5. The molecule has 0 saturated carbocycles. The van der Waals surface area contributed by atoms with Crippen LogP contribution in [0, 0.1) is 5.92 Å². The normalized spacial score (nSPS) is 23.6. The number of allylic oxidation sites excluding steroid dienone is 2. The minimum absolute atomic E-state index is 0.133. The summed E-state index contributed by atoms with van der Waals surface area (Å²) in [5.41, 5.74) is 3.78. The fraction of sp³-hybridized carbons (Fsp3) is 0.250. The molecule has 4 rings (SSSR count). The predicted molar refractivity (Wildman–Crippen MR) is 101 cm³/mol. The van der Waals surface area contributed by atoms with Crippen molar-refractivity contribution in [3.8, 4) is 0 Å². The van der Waals surface area contributed by atoms with Gasteiger partial charge < -0.3 is 10.1 Å². The number of fused-ring (bicyclic) bond motifs is 3. The fourth-order valence-corrected chi connectivity index (χ4v) is 4.54. The maximum absolute atomic E-state index is 11.6. The van der Waals surface area contributed by atoms with Gasteiger partial charge in [0.2, 0.25) is 0 Å². The molecule has 0 saturated heterocycles. The molecule has 0 aromatic heterocycles. The molecule has 0 bridgehead atoms. The number of halogens is 2. The molecule has 128 valence electrons. The number of benzene rings is 2. The summed E-state index contributed by atoms with van der Waals surface area (Å²) in [7, 11) is 1.39. The van der Waals surface area contributed by atoms with Gasteiger partial charge in [0, 0.05) is 27.2 Å². The van der Waals surface area contributed by atoms with E-state index in [4.69, 9.17) is 27.9 Å². The topological polar surface area (TPSA) is 38.3 Å². The lowest BCUT2D eigenvalue weighted by atomic mass is 9.77. The van der Waals surface area contributed by atoms with Crippen LogP contribution in [0.4, 0.5) is 5.69 Å². The Kier molecular flexibility index (Phi) is 4.22. The van der Waals surface area contributed by atoms with Crippen LogP contribution in [0.2, 0.25) is 10.0 Å². The third kappa shape index (κ3) is 2.82. The number of ether oxygens (including phenoxy) is 1. The van der Waals surface area contributed by atoms with Gasteiger partial charge in [0.05, 0.1) is 18.7 Å². The molecular weight excluding hydrogens is 357 g/mol. The van der Waals surface area contributed by atoms with Crippen LogP contribution in [-0.4, -0.2) is 13.1 Å². The smallest absolute Gasteiger partial charge is 0.337 e. The summed E-state index contributed by atoms with van der Waals surface area (Å²) in [4.78, 5) is 11.6. The number of anilines is 1. The summed E-state index contributed by atoms with van der Waals surface area (Å²) in [5, 5.41) is 4.93. The first-order valence-electron chi connectivity index (χ1n) is 8.19. The molecule has 0 amide bonds.